The first-order valence-electron chi connectivity index (χ1n) is 5.49. The molecule has 1 saturated heterocycles. The van der Waals surface area contributed by atoms with Crippen molar-refractivity contribution < 1.29 is 15.0 Å². The molecule has 86 valence electrons. The maximum absolute atomic E-state index is 11.8. The Morgan fingerprint density at radius 1 is 1.53 bits per heavy atom. The van der Waals surface area contributed by atoms with E-state index in [-0.39, 0.29) is 24.1 Å². The average molecular weight is 214 g/mol. The number of hydrogen-bond donors (Lipinski definition) is 4. The molecule has 2 unspecified atom stereocenters. The summed E-state index contributed by atoms with van der Waals surface area (Å²) < 4.78 is 0. The van der Waals surface area contributed by atoms with Crippen LogP contribution >= 0.6 is 0 Å². The highest BCUT2D eigenvalue weighted by molar-refractivity contribution is 5.83. The van der Waals surface area contributed by atoms with Gasteiger partial charge in [0.05, 0.1) is 24.3 Å². The third-order valence-electron chi connectivity index (χ3n) is 3.43. The van der Waals surface area contributed by atoms with Crippen LogP contribution in [-0.4, -0.2) is 47.0 Å². The van der Waals surface area contributed by atoms with Crippen LogP contribution in [0.15, 0.2) is 0 Å². The first kappa shape index (κ1) is 10.9. The average Bonchev–Trinajstić information content (AvgIpc) is 2.58. The summed E-state index contributed by atoms with van der Waals surface area (Å²) in [7, 11) is 0. The van der Waals surface area contributed by atoms with Crippen molar-refractivity contribution in [2.45, 2.75) is 43.4 Å². The summed E-state index contributed by atoms with van der Waals surface area (Å²) in [5.74, 6) is -0.0969. The minimum absolute atomic E-state index is 0.00795. The van der Waals surface area contributed by atoms with Gasteiger partial charge in [0.25, 0.3) is 0 Å². The zero-order chi connectivity index (χ0) is 10.9. The normalized spacial score (nSPS) is 33.5. The highest BCUT2D eigenvalue weighted by Crippen LogP contribution is 2.31. The maximum atomic E-state index is 11.8. The van der Waals surface area contributed by atoms with Gasteiger partial charge in [-0.2, -0.15) is 0 Å². The summed E-state index contributed by atoms with van der Waals surface area (Å²) in [5.41, 5.74) is -0.383. The molecule has 1 saturated carbocycles. The molecule has 4 N–H and O–H groups in total. The van der Waals surface area contributed by atoms with Gasteiger partial charge in [-0.3, -0.25) is 4.79 Å². The molecule has 5 heteroatoms. The fraction of sp³-hybridized carbons (Fsp3) is 0.900. The highest BCUT2D eigenvalue weighted by Gasteiger charge is 2.40. The molecule has 1 aliphatic heterocycles. The van der Waals surface area contributed by atoms with E-state index in [1.54, 1.807) is 0 Å². The zero-order valence-electron chi connectivity index (χ0n) is 8.70. The molecule has 1 aliphatic carbocycles. The smallest absolute Gasteiger partial charge is 0.237 e. The standard InChI is InChI=1S/C10H18N2O3/c13-6-10(2-1-3-10)12-9(15)8-4-7(14)5-11-8/h7-8,11,13-14H,1-6H2,(H,12,15). The van der Waals surface area contributed by atoms with E-state index in [9.17, 15) is 15.0 Å². The van der Waals surface area contributed by atoms with Crippen molar-refractivity contribution in [1.29, 1.82) is 0 Å². The monoisotopic (exact) mass is 214 g/mol. The Balaban J connectivity index is 1.86. The van der Waals surface area contributed by atoms with Gasteiger partial charge in [0.15, 0.2) is 0 Å². The van der Waals surface area contributed by atoms with Crippen LogP contribution < -0.4 is 10.6 Å². The Labute approximate surface area is 88.9 Å². The Morgan fingerprint density at radius 3 is 2.67 bits per heavy atom. The third-order valence-corrected chi connectivity index (χ3v) is 3.43. The summed E-state index contributed by atoms with van der Waals surface area (Å²) >= 11 is 0. The number of nitrogens with one attached hydrogen (secondary N) is 2. The molecule has 2 atom stereocenters. The van der Waals surface area contributed by atoms with E-state index < -0.39 is 6.10 Å². The van der Waals surface area contributed by atoms with E-state index in [2.05, 4.69) is 10.6 Å². The number of amides is 1. The van der Waals surface area contributed by atoms with Crippen LogP contribution in [0.3, 0.4) is 0 Å². The molecule has 2 aliphatic rings. The lowest BCUT2D eigenvalue weighted by Gasteiger charge is -2.41. The fourth-order valence-electron chi connectivity index (χ4n) is 2.19. The summed E-state index contributed by atoms with van der Waals surface area (Å²) in [5, 5.41) is 24.3. The fourth-order valence-corrected chi connectivity index (χ4v) is 2.19. The molecule has 0 aromatic carbocycles. The molecule has 0 aromatic heterocycles. The lowest BCUT2D eigenvalue weighted by atomic mass is 9.77. The highest BCUT2D eigenvalue weighted by atomic mass is 16.3. The summed E-state index contributed by atoms with van der Waals surface area (Å²) in [6.07, 6.45) is 2.80. The van der Waals surface area contributed by atoms with Crippen molar-refractivity contribution in [3.05, 3.63) is 0 Å². The third kappa shape index (κ3) is 2.14. The molecular weight excluding hydrogens is 196 g/mol. The SMILES string of the molecule is O=C(NC1(CO)CCC1)C1CC(O)CN1. The molecular formula is C10H18N2O3. The summed E-state index contributed by atoms with van der Waals surface area (Å²) in [6.45, 7) is 0.484. The lowest BCUT2D eigenvalue weighted by Crippen LogP contribution is -2.59. The second-order valence-corrected chi connectivity index (χ2v) is 4.63. The van der Waals surface area contributed by atoms with Crippen molar-refractivity contribution in [1.82, 2.24) is 10.6 Å². The van der Waals surface area contributed by atoms with Gasteiger partial charge in [-0.25, -0.2) is 0 Å². The molecule has 15 heavy (non-hydrogen) atoms. The van der Waals surface area contributed by atoms with Crippen LogP contribution in [0.4, 0.5) is 0 Å². The van der Waals surface area contributed by atoms with Gasteiger partial charge in [0.2, 0.25) is 5.91 Å². The van der Waals surface area contributed by atoms with Gasteiger partial charge >= 0.3 is 0 Å². The predicted octanol–water partition coefficient (Wildman–Crippen LogP) is -1.26. The van der Waals surface area contributed by atoms with E-state index >= 15 is 0 Å². The van der Waals surface area contributed by atoms with Crippen LogP contribution in [0.25, 0.3) is 0 Å². The van der Waals surface area contributed by atoms with Crippen LogP contribution in [-0.2, 0) is 4.79 Å². The van der Waals surface area contributed by atoms with E-state index in [1.807, 2.05) is 0 Å². The van der Waals surface area contributed by atoms with Crippen molar-refractivity contribution in [3.8, 4) is 0 Å². The minimum Gasteiger partial charge on any atom is -0.394 e. The molecule has 0 radical (unpaired) electrons. The number of aliphatic hydroxyl groups excluding tert-OH is 2. The molecule has 2 fully saturated rings. The molecule has 0 bridgehead atoms. The number of carbonyl (C=O) groups excluding carboxylic acids is 1. The van der Waals surface area contributed by atoms with Crippen molar-refractivity contribution in [2.75, 3.05) is 13.2 Å². The minimum atomic E-state index is -0.424. The lowest BCUT2D eigenvalue weighted by molar-refractivity contribution is -0.126. The van der Waals surface area contributed by atoms with Gasteiger partial charge in [-0.1, -0.05) is 0 Å². The first-order chi connectivity index (χ1) is 7.15. The molecule has 5 nitrogen and oxygen atoms in total. The van der Waals surface area contributed by atoms with Crippen LogP contribution in [0.2, 0.25) is 0 Å². The van der Waals surface area contributed by atoms with E-state index in [1.165, 1.54) is 0 Å². The maximum Gasteiger partial charge on any atom is 0.237 e. The van der Waals surface area contributed by atoms with Gasteiger partial charge in [-0.05, 0) is 25.7 Å². The summed E-state index contributed by atoms with van der Waals surface area (Å²) in [6, 6.07) is -0.302. The number of aliphatic hydroxyl groups is 2. The predicted molar refractivity (Wildman–Crippen MR) is 54.2 cm³/mol. The topological polar surface area (TPSA) is 81.6 Å². The zero-order valence-corrected chi connectivity index (χ0v) is 8.70. The molecule has 0 aromatic rings. The molecule has 1 heterocycles. The van der Waals surface area contributed by atoms with Crippen molar-refractivity contribution >= 4 is 5.91 Å². The van der Waals surface area contributed by atoms with Crippen LogP contribution in [0.5, 0.6) is 0 Å². The molecule has 0 spiro atoms. The largest absolute Gasteiger partial charge is 0.394 e. The van der Waals surface area contributed by atoms with E-state index in [4.69, 9.17) is 0 Å². The second-order valence-electron chi connectivity index (χ2n) is 4.63. The van der Waals surface area contributed by atoms with Crippen LogP contribution in [0, 0.1) is 0 Å². The number of carbonyl (C=O) groups is 1. The van der Waals surface area contributed by atoms with E-state index in [0.717, 1.165) is 19.3 Å². The Bertz CT molecular complexity index is 248. The van der Waals surface area contributed by atoms with Gasteiger partial charge in [0.1, 0.15) is 0 Å². The van der Waals surface area contributed by atoms with Gasteiger partial charge < -0.3 is 20.8 Å². The Kier molecular flexibility index (Phi) is 2.95. The van der Waals surface area contributed by atoms with Gasteiger partial charge in [-0.15, -0.1) is 0 Å². The summed E-state index contributed by atoms with van der Waals surface area (Å²) in [4.78, 5) is 11.8. The molecule has 2 rings (SSSR count). The number of hydrogen-bond acceptors (Lipinski definition) is 4. The van der Waals surface area contributed by atoms with Crippen molar-refractivity contribution in [2.24, 2.45) is 0 Å². The quantitative estimate of drug-likeness (QED) is 0.473. The van der Waals surface area contributed by atoms with E-state index in [0.29, 0.717) is 13.0 Å². The van der Waals surface area contributed by atoms with Crippen molar-refractivity contribution in [3.63, 3.8) is 0 Å². The Morgan fingerprint density at radius 2 is 2.27 bits per heavy atom. The Hall–Kier alpha value is -0.650. The molecule has 1 amide bonds. The van der Waals surface area contributed by atoms with Gasteiger partial charge in [0, 0.05) is 6.54 Å². The number of β-amino-alcohol motifs (C(OH)–C–C–N with tert-alkyl or cyclic N) is 1. The number of rotatable bonds is 3. The van der Waals surface area contributed by atoms with Crippen LogP contribution in [0.1, 0.15) is 25.7 Å². The first-order valence-corrected chi connectivity index (χ1v) is 5.49. The second kappa shape index (κ2) is 4.08.